The maximum Gasteiger partial charge on any atom is 0.0443 e. The van der Waals surface area contributed by atoms with Crippen LogP contribution in [0.1, 0.15) is 43.4 Å². The minimum Gasteiger partial charge on any atom is -0.341 e. The molecular weight excluding hydrogens is 256 g/mol. The van der Waals surface area contributed by atoms with Crippen LogP contribution in [-0.4, -0.2) is 6.54 Å². The average Bonchev–Trinajstić information content (AvgIpc) is 2.77. The summed E-state index contributed by atoms with van der Waals surface area (Å²) in [6.07, 6.45) is 4.68. The van der Waals surface area contributed by atoms with Crippen molar-refractivity contribution in [3.8, 4) is 0 Å². The van der Waals surface area contributed by atoms with Gasteiger partial charge in [-0.15, -0.1) is 0 Å². The summed E-state index contributed by atoms with van der Waals surface area (Å²) in [5, 5.41) is 0. The second kappa shape index (κ2) is 6.31. The highest BCUT2D eigenvalue weighted by Crippen LogP contribution is 2.33. The van der Waals surface area contributed by atoms with Crippen LogP contribution in [0.15, 0.2) is 48.5 Å². The molecule has 1 heterocycles. The summed E-state index contributed by atoms with van der Waals surface area (Å²) in [6, 6.07) is 17.7. The lowest BCUT2D eigenvalue weighted by Crippen LogP contribution is -2.18. The summed E-state index contributed by atoms with van der Waals surface area (Å²) in [6.45, 7) is 3.22. The van der Waals surface area contributed by atoms with Gasteiger partial charge >= 0.3 is 0 Å². The second-order valence-electron chi connectivity index (χ2n) is 5.84. The van der Waals surface area contributed by atoms with Crippen molar-refractivity contribution in [1.29, 1.82) is 0 Å². The molecule has 2 aromatic carbocycles. The lowest BCUT2D eigenvalue weighted by molar-refractivity contribution is 0.698. The molecule has 0 radical (unpaired) electrons. The van der Waals surface area contributed by atoms with Gasteiger partial charge in [0.15, 0.2) is 0 Å². The Morgan fingerprint density at radius 3 is 2.57 bits per heavy atom. The molecule has 2 nitrogen and oxygen atoms in total. The van der Waals surface area contributed by atoms with Crippen LogP contribution in [0.5, 0.6) is 0 Å². The van der Waals surface area contributed by atoms with Gasteiger partial charge in [0.2, 0.25) is 0 Å². The molecule has 0 aliphatic carbocycles. The first kappa shape index (κ1) is 14.2. The van der Waals surface area contributed by atoms with Gasteiger partial charge in [0, 0.05) is 24.0 Å². The predicted molar refractivity (Wildman–Crippen MR) is 90.0 cm³/mol. The van der Waals surface area contributed by atoms with Crippen molar-refractivity contribution >= 4 is 11.4 Å². The Kier molecular flexibility index (Phi) is 4.26. The van der Waals surface area contributed by atoms with Crippen LogP contribution in [-0.2, 0) is 6.42 Å². The fourth-order valence-electron chi connectivity index (χ4n) is 3.10. The number of fused-ring (bicyclic) bond motifs is 1. The molecule has 0 amide bonds. The lowest BCUT2D eigenvalue weighted by Gasteiger charge is -2.25. The fourth-order valence-corrected chi connectivity index (χ4v) is 3.10. The van der Waals surface area contributed by atoms with Gasteiger partial charge in [0.1, 0.15) is 0 Å². The zero-order valence-electron chi connectivity index (χ0n) is 12.8. The number of anilines is 2. The number of rotatable bonds is 3. The molecule has 0 bridgehead atoms. The van der Waals surface area contributed by atoms with Crippen LogP contribution < -0.4 is 10.6 Å². The monoisotopic (exact) mass is 280 g/mol. The van der Waals surface area contributed by atoms with E-state index in [4.69, 9.17) is 5.73 Å². The highest BCUT2D eigenvalue weighted by Gasteiger charge is 2.16. The zero-order valence-corrected chi connectivity index (χ0v) is 12.8. The molecule has 2 aromatic rings. The van der Waals surface area contributed by atoms with Crippen LogP contribution in [0.25, 0.3) is 0 Å². The Hall–Kier alpha value is -1.80. The Labute approximate surface area is 127 Å². The molecule has 1 aliphatic heterocycles. The summed E-state index contributed by atoms with van der Waals surface area (Å²) in [7, 11) is 0. The van der Waals surface area contributed by atoms with Crippen molar-refractivity contribution in [2.45, 2.75) is 38.6 Å². The van der Waals surface area contributed by atoms with Gasteiger partial charge in [0.25, 0.3) is 0 Å². The topological polar surface area (TPSA) is 29.3 Å². The van der Waals surface area contributed by atoms with Gasteiger partial charge in [-0.3, -0.25) is 0 Å². The van der Waals surface area contributed by atoms with Crippen LogP contribution in [0.4, 0.5) is 11.4 Å². The Morgan fingerprint density at radius 1 is 1.05 bits per heavy atom. The van der Waals surface area contributed by atoms with Crippen LogP contribution >= 0.6 is 0 Å². The fraction of sp³-hybridized carbons (Fsp3) is 0.368. The van der Waals surface area contributed by atoms with Crippen molar-refractivity contribution in [3.05, 3.63) is 59.7 Å². The Morgan fingerprint density at radius 2 is 1.81 bits per heavy atom. The molecule has 110 valence electrons. The molecule has 0 saturated carbocycles. The summed E-state index contributed by atoms with van der Waals surface area (Å²) in [4.78, 5) is 2.45. The molecule has 0 saturated heterocycles. The Bertz CT molecular complexity index is 589. The van der Waals surface area contributed by atoms with Crippen molar-refractivity contribution < 1.29 is 0 Å². The van der Waals surface area contributed by atoms with Gasteiger partial charge in [-0.1, -0.05) is 37.3 Å². The van der Waals surface area contributed by atoms with E-state index in [-0.39, 0.29) is 6.04 Å². The van der Waals surface area contributed by atoms with Crippen LogP contribution in [0, 0.1) is 0 Å². The molecule has 3 rings (SSSR count). The lowest BCUT2D eigenvalue weighted by atomic mass is 10.0. The van der Waals surface area contributed by atoms with Crippen molar-refractivity contribution in [2.75, 3.05) is 11.4 Å². The number of para-hydroxylation sites is 1. The molecule has 1 unspecified atom stereocenters. The number of benzene rings is 2. The van der Waals surface area contributed by atoms with Crippen LogP contribution in [0.2, 0.25) is 0 Å². The molecule has 0 spiro atoms. The van der Waals surface area contributed by atoms with Crippen LogP contribution in [0.3, 0.4) is 0 Å². The average molecular weight is 280 g/mol. The summed E-state index contributed by atoms with van der Waals surface area (Å²) < 4.78 is 0. The van der Waals surface area contributed by atoms with E-state index in [1.807, 2.05) is 0 Å². The first-order valence-electron chi connectivity index (χ1n) is 8.00. The smallest absolute Gasteiger partial charge is 0.0443 e. The van der Waals surface area contributed by atoms with E-state index in [1.54, 1.807) is 0 Å². The number of hydrogen-bond donors (Lipinski definition) is 1. The molecule has 21 heavy (non-hydrogen) atoms. The predicted octanol–water partition coefficient (Wildman–Crippen LogP) is 4.57. The third-order valence-electron chi connectivity index (χ3n) is 4.43. The van der Waals surface area contributed by atoms with Crippen molar-refractivity contribution in [1.82, 2.24) is 0 Å². The Balaban J connectivity index is 1.93. The summed E-state index contributed by atoms with van der Waals surface area (Å²) >= 11 is 0. The maximum absolute atomic E-state index is 6.11. The van der Waals surface area contributed by atoms with Crippen molar-refractivity contribution in [2.24, 2.45) is 5.73 Å². The van der Waals surface area contributed by atoms with Gasteiger partial charge in [-0.05, 0) is 55.0 Å². The van der Waals surface area contributed by atoms with E-state index in [1.165, 1.54) is 41.8 Å². The van der Waals surface area contributed by atoms with E-state index >= 15 is 0 Å². The largest absolute Gasteiger partial charge is 0.341 e. The number of aryl methyl sites for hydroxylation is 1. The minimum absolute atomic E-state index is 0.149. The first-order chi connectivity index (χ1) is 10.3. The standard InChI is InChI=1S/C19H24N2/c1-2-18(20)15-10-12-17(13-11-15)21-14-6-5-8-16-7-3-4-9-19(16)21/h3-4,7,9-13,18H,2,5-6,8,14,20H2,1H3. The molecule has 2 N–H and O–H groups in total. The molecule has 2 heteroatoms. The highest BCUT2D eigenvalue weighted by molar-refractivity contribution is 5.67. The minimum atomic E-state index is 0.149. The third-order valence-corrected chi connectivity index (χ3v) is 4.43. The maximum atomic E-state index is 6.11. The highest BCUT2D eigenvalue weighted by atomic mass is 15.1. The molecule has 0 aromatic heterocycles. The summed E-state index contributed by atoms with van der Waals surface area (Å²) in [5.41, 5.74) is 11.4. The molecule has 0 fully saturated rings. The molecule has 1 aliphatic rings. The van der Waals surface area contributed by atoms with E-state index in [0.29, 0.717) is 0 Å². The third kappa shape index (κ3) is 2.96. The van der Waals surface area contributed by atoms with Gasteiger partial charge < -0.3 is 10.6 Å². The van der Waals surface area contributed by atoms with Crippen molar-refractivity contribution in [3.63, 3.8) is 0 Å². The van der Waals surface area contributed by atoms with E-state index in [9.17, 15) is 0 Å². The van der Waals surface area contributed by atoms with E-state index in [0.717, 1.165) is 13.0 Å². The zero-order chi connectivity index (χ0) is 14.7. The quantitative estimate of drug-likeness (QED) is 0.892. The molecule has 1 atom stereocenters. The summed E-state index contributed by atoms with van der Waals surface area (Å²) in [5.74, 6) is 0. The molecular formula is C19H24N2. The first-order valence-corrected chi connectivity index (χ1v) is 8.00. The SMILES string of the molecule is CCC(N)c1ccc(N2CCCCc3ccccc32)cc1. The van der Waals surface area contributed by atoms with E-state index < -0.39 is 0 Å². The second-order valence-corrected chi connectivity index (χ2v) is 5.84. The van der Waals surface area contributed by atoms with Gasteiger partial charge in [-0.25, -0.2) is 0 Å². The number of nitrogens with two attached hydrogens (primary N) is 1. The normalized spacial score (nSPS) is 16.2. The number of hydrogen-bond acceptors (Lipinski definition) is 2. The van der Waals surface area contributed by atoms with E-state index in [2.05, 4.69) is 60.4 Å². The number of nitrogens with zero attached hydrogens (tertiary/aromatic N) is 1. The van der Waals surface area contributed by atoms with Gasteiger partial charge in [-0.2, -0.15) is 0 Å². The van der Waals surface area contributed by atoms with Gasteiger partial charge in [0.05, 0.1) is 0 Å².